The first kappa shape index (κ1) is 20.7. The summed E-state index contributed by atoms with van der Waals surface area (Å²) in [5, 5.41) is 15.7. The van der Waals surface area contributed by atoms with Crippen molar-refractivity contribution < 1.29 is 19.5 Å². The summed E-state index contributed by atoms with van der Waals surface area (Å²) in [6.07, 6.45) is 1.08. The molecule has 0 aromatic heterocycles. The fourth-order valence-electron chi connectivity index (χ4n) is 2.03. The van der Waals surface area contributed by atoms with Crippen molar-refractivity contribution in [3.05, 3.63) is 35.4 Å². The average Bonchev–Trinajstić information content (AvgIpc) is 2.53. The maximum atomic E-state index is 11.4. The normalized spacial score (nSPS) is 12.6. The number of nitrogens with zero attached hydrogens (tertiary/aromatic N) is 1. The molecule has 0 aliphatic heterocycles. The molecule has 0 saturated heterocycles. The van der Waals surface area contributed by atoms with Crippen LogP contribution in [0, 0.1) is 5.41 Å². The van der Waals surface area contributed by atoms with Crippen LogP contribution in [0.15, 0.2) is 29.4 Å². The average molecular weight is 348 g/mol. The summed E-state index contributed by atoms with van der Waals surface area (Å²) in [4.78, 5) is 27.7. The van der Waals surface area contributed by atoms with E-state index in [0.717, 1.165) is 23.3 Å². The van der Waals surface area contributed by atoms with E-state index in [9.17, 15) is 9.59 Å². The molecule has 25 heavy (non-hydrogen) atoms. The standard InChI is InChI=1S/C19H28N2O4/c1-13(21-25-19(4,5)17(23)24)18(2,3)12-15-9-7-14(8-10-15)11-16(22)20-6/h7-10H,11-12H2,1-6H3,(H,20,22)(H,23,24)/b21-13+. The second-order valence-corrected chi connectivity index (χ2v) is 7.31. The second-order valence-electron chi connectivity index (χ2n) is 7.31. The number of carboxylic acid groups (broad SMARTS) is 1. The van der Waals surface area contributed by atoms with Gasteiger partial charge in [0.15, 0.2) is 0 Å². The molecule has 0 aliphatic rings. The number of carbonyl (C=O) groups is 2. The highest BCUT2D eigenvalue weighted by molar-refractivity contribution is 5.87. The summed E-state index contributed by atoms with van der Waals surface area (Å²) in [7, 11) is 1.62. The van der Waals surface area contributed by atoms with Crippen molar-refractivity contribution in [1.82, 2.24) is 5.32 Å². The van der Waals surface area contributed by atoms with Crippen LogP contribution < -0.4 is 5.32 Å². The molecule has 1 aromatic rings. The first-order chi connectivity index (χ1) is 11.5. The lowest BCUT2D eigenvalue weighted by molar-refractivity contribution is -0.161. The number of amides is 1. The zero-order valence-corrected chi connectivity index (χ0v) is 15.8. The molecule has 0 fully saturated rings. The Hall–Kier alpha value is -2.37. The number of hydrogen-bond acceptors (Lipinski definition) is 4. The molecule has 0 bridgehead atoms. The van der Waals surface area contributed by atoms with E-state index in [4.69, 9.17) is 9.94 Å². The van der Waals surface area contributed by atoms with Gasteiger partial charge in [-0.2, -0.15) is 0 Å². The van der Waals surface area contributed by atoms with E-state index < -0.39 is 11.6 Å². The molecule has 0 spiro atoms. The van der Waals surface area contributed by atoms with Crippen LogP contribution in [0.25, 0.3) is 0 Å². The Morgan fingerprint density at radius 2 is 1.64 bits per heavy atom. The molecular weight excluding hydrogens is 320 g/mol. The maximum Gasteiger partial charge on any atom is 0.350 e. The molecule has 0 heterocycles. The third-order valence-corrected chi connectivity index (χ3v) is 4.22. The number of carbonyl (C=O) groups excluding carboxylic acids is 1. The van der Waals surface area contributed by atoms with E-state index in [0.29, 0.717) is 6.42 Å². The van der Waals surface area contributed by atoms with Crippen LogP contribution in [-0.4, -0.2) is 35.3 Å². The Morgan fingerprint density at radius 3 is 2.12 bits per heavy atom. The number of hydrogen-bond donors (Lipinski definition) is 2. The van der Waals surface area contributed by atoms with Crippen LogP contribution in [0.1, 0.15) is 45.7 Å². The Labute approximate surface area is 149 Å². The van der Waals surface area contributed by atoms with Crippen molar-refractivity contribution in [3.8, 4) is 0 Å². The van der Waals surface area contributed by atoms with Gasteiger partial charge in [0.05, 0.1) is 12.1 Å². The molecule has 0 unspecified atom stereocenters. The number of carboxylic acids is 1. The van der Waals surface area contributed by atoms with Crippen LogP contribution in [0.2, 0.25) is 0 Å². The highest BCUT2D eigenvalue weighted by atomic mass is 16.7. The van der Waals surface area contributed by atoms with Gasteiger partial charge in [-0.15, -0.1) is 0 Å². The van der Waals surface area contributed by atoms with Crippen LogP contribution in [0.5, 0.6) is 0 Å². The molecule has 0 aliphatic carbocycles. The molecule has 0 atom stereocenters. The zero-order valence-electron chi connectivity index (χ0n) is 15.8. The highest BCUT2D eigenvalue weighted by Gasteiger charge is 2.31. The third kappa shape index (κ3) is 6.21. The lowest BCUT2D eigenvalue weighted by Crippen LogP contribution is -2.34. The minimum Gasteiger partial charge on any atom is -0.478 e. The highest BCUT2D eigenvalue weighted by Crippen LogP contribution is 2.25. The molecule has 1 aromatic carbocycles. The Bertz CT molecular complexity index is 646. The smallest absolute Gasteiger partial charge is 0.350 e. The van der Waals surface area contributed by atoms with Crippen molar-refractivity contribution in [1.29, 1.82) is 0 Å². The predicted molar refractivity (Wildman–Crippen MR) is 97.6 cm³/mol. The van der Waals surface area contributed by atoms with Gasteiger partial charge in [-0.3, -0.25) is 4.79 Å². The Morgan fingerprint density at radius 1 is 1.12 bits per heavy atom. The van der Waals surface area contributed by atoms with E-state index in [-0.39, 0.29) is 11.3 Å². The minimum atomic E-state index is -1.36. The van der Waals surface area contributed by atoms with Gasteiger partial charge in [0.25, 0.3) is 0 Å². The summed E-state index contributed by atoms with van der Waals surface area (Å²) < 4.78 is 0. The quantitative estimate of drug-likeness (QED) is 0.558. The first-order valence-corrected chi connectivity index (χ1v) is 8.23. The van der Waals surface area contributed by atoms with E-state index in [1.165, 1.54) is 13.8 Å². The van der Waals surface area contributed by atoms with Gasteiger partial charge in [0, 0.05) is 12.5 Å². The third-order valence-electron chi connectivity index (χ3n) is 4.22. The summed E-state index contributed by atoms with van der Waals surface area (Å²) >= 11 is 0. The first-order valence-electron chi connectivity index (χ1n) is 8.23. The van der Waals surface area contributed by atoms with Gasteiger partial charge in [-0.1, -0.05) is 43.3 Å². The molecule has 1 amide bonds. The van der Waals surface area contributed by atoms with E-state index in [2.05, 4.69) is 10.5 Å². The Kier molecular flexibility index (Phi) is 6.73. The number of likely N-dealkylation sites (N-methyl/N-ethyl adjacent to an activating group) is 1. The van der Waals surface area contributed by atoms with Crippen molar-refractivity contribution in [3.63, 3.8) is 0 Å². The number of nitrogens with one attached hydrogen (secondary N) is 1. The van der Waals surface area contributed by atoms with Gasteiger partial charge in [-0.05, 0) is 38.3 Å². The summed E-state index contributed by atoms with van der Waals surface area (Å²) in [5.41, 5.74) is 1.13. The number of benzene rings is 1. The SMILES string of the molecule is CNC(=O)Cc1ccc(CC(C)(C)/C(C)=N/OC(C)(C)C(=O)O)cc1. The molecule has 2 N–H and O–H groups in total. The minimum absolute atomic E-state index is 0.0192. The number of oxime groups is 1. The summed E-state index contributed by atoms with van der Waals surface area (Å²) in [6.45, 7) is 8.81. The van der Waals surface area contributed by atoms with Gasteiger partial charge >= 0.3 is 5.97 Å². The largest absolute Gasteiger partial charge is 0.478 e. The molecule has 6 nitrogen and oxygen atoms in total. The molecule has 0 radical (unpaired) electrons. The van der Waals surface area contributed by atoms with Gasteiger partial charge in [0.2, 0.25) is 11.5 Å². The lowest BCUT2D eigenvalue weighted by Gasteiger charge is -2.26. The van der Waals surface area contributed by atoms with Crippen LogP contribution in [0.3, 0.4) is 0 Å². The van der Waals surface area contributed by atoms with Crippen LogP contribution in [-0.2, 0) is 27.3 Å². The van der Waals surface area contributed by atoms with Gasteiger partial charge in [0.1, 0.15) is 0 Å². The summed E-state index contributed by atoms with van der Waals surface area (Å²) in [5.74, 6) is -1.08. The predicted octanol–water partition coefficient (Wildman–Crippen LogP) is 2.80. The van der Waals surface area contributed by atoms with E-state index >= 15 is 0 Å². The van der Waals surface area contributed by atoms with Crippen molar-refractivity contribution >= 4 is 17.6 Å². The molecule has 0 saturated carbocycles. The van der Waals surface area contributed by atoms with Crippen molar-refractivity contribution in [2.24, 2.45) is 10.6 Å². The van der Waals surface area contributed by atoms with Crippen molar-refractivity contribution in [2.45, 2.75) is 53.1 Å². The monoisotopic (exact) mass is 348 g/mol. The maximum absolute atomic E-state index is 11.4. The molecule has 138 valence electrons. The van der Waals surface area contributed by atoms with Crippen LogP contribution in [0.4, 0.5) is 0 Å². The zero-order chi connectivity index (χ0) is 19.3. The summed E-state index contributed by atoms with van der Waals surface area (Å²) in [6, 6.07) is 7.87. The second kappa shape index (κ2) is 8.14. The van der Waals surface area contributed by atoms with Gasteiger partial charge in [-0.25, -0.2) is 4.79 Å². The molecule has 1 rings (SSSR count). The van der Waals surface area contributed by atoms with Crippen LogP contribution >= 0.6 is 0 Å². The topological polar surface area (TPSA) is 88.0 Å². The fourth-order valence-corrected chi connectivity index (χ4v) is 2.03. The van der Waals surface area contributed by atoms with E-state index in [1.54, 1.807) is 7.05 Å². The molecule has 6 heteroatoms. The molecular formula is C19H28N2O4. The Balaban J connectivity index is 2.79. The van der Waals surface area contributed by atoms with Gasteiger partial charge < -0.3 is 15.3 Å². The van der Waals surface area contributed by atoms with Crippen molar-refractivity contribution in [2.75, 3.05) is 7.05 Å². The number of rotatable bonds is 8. The fraction of sp³-hybridized carbons (Fsp3) is 0.526. The van der Waals surface area contributed by atoms with E-state index in [1.807, 2.05) is 45.0 Å². The lowest BCUT2D eigenvalue weighted by atomic mass is 9.81. The number of aliphatic carboxylic acids is 1.